The maximum Gasteiger partial charge on any atom is 0.215 e. The van der Waals surface area contributed by atoms with Crippen LogP contribution in [-0.4, -0.2) is 61.1 Å². The lowest BCUT2D eigenvalue weighted by atomic mass is 10.1. The summed E-state index contributed by atoms with van der Waals surface area (Å²) in [4.78, 5) is 11.8. The van der Waals surface area contributed by atoms with Gasteiger partial charge < -0.3 is 4.74 Å². The van der Waals surface area contributed by atoms with Gasteiger partial charge in [0.15, 0.2) is 0 Å². The number of aryl methyl sites for hydroxylation is 4. The van der Waals surface area contributed by atoms with Crippen molar-refractivity contribution in [3.05, 3.63) is 57.7 Å². The fourth-order valence-electron chi connectivity index (χ4n) is 5.50. The Morgan fingerprint density at radius 3 is 2.35 bits per heavy atom. The zero-order valence-corrected chi connectivity index (χ0v) is 31.5. The molecule has 0 N–H and O–H groups in total. The average molecular weight is 725 g/mol. The summed E-state index contributed by atoms with van der Waals surface area (Å²) in [6, 6.07) is 7.26. The van der Waals surface area contributed by atoms with Crippen molar-refractivity contribution in [2.24, 2.45) is 14.1 Å². The van der Waals surface area contributed by atoms with Gasteiger partial charge in [0.1, 0.15) is 17.6 Å². The molecule has 1 fully saturated rings. The molecule has 6 rings (SSSR count). The number of fused-ring (bicyclic) bond motifs is 1. The van der Waals surface area contributed by atoms with E-state index in [9.17, 15) is 0 Å². The molecule has 0 amide bonds. The molecule has 0 bridgehead atoms. The van der Waals surface area contributed by atoms with Gasteiger partial charge in [-0.05, 0) is 65.9 Å². The zero-order chi connectivity index (χ0) is 32.8. The first-order chi connectivity index (χ1) is 22.0. The molecule has 0 spiro atoms. The second-order valence-electron chi connectivity index (χ2n) is 13.1. The van der Waals surface area contributed by atoms with Crippen LogP contribution in [0.5, 0.6) is 0 Å². The molecule has 0 radical (unpaired) electrons. The number of hydrogen-bond acceptors (Lipinski definition) is 9. The van der Waals surface area contributed by atoms with Crippen molar-refractivity contribution in [2.75, 3.05) is 18.2 Å². The Morgan fingerprint density at radius 1 is 0.978 bits per heavy atom. The molecular formula is C33H46BrN9OSSi. The van der Waals surface area contributed by atoms with Crippen molar-refractivity contribution in [3.8, 4) is 11.1 Å². The Labute approximate surface area is 285 Å². The highest BCUT2D eigenvalue weighted by atomic mass is 79.9. The van der Waals surface area contributed by atoms with Crippen molar-refractivity contribution in [1.82, 2.24) is 39.7 Å². The predicted octanol–water partition coefficient (Wildman–Crippen LogP) is 8.30. The summed E-state index contributed by atoms with van der Waals surface area (Å²) in [7, 11) is 2.69. The molecule has 246 valence electrons. The number of ether oxygens (including phenoxy) is 1. The van der Waals surface area contributed by atoms with Gasteiger partial charge in [0, 0.05) is 64.4 Å². The first kappa shape index (κ1) is 34.3. The Morgan fingerprint density at radius 2 is 1.70 bits per heavy atom. The molecule has 0 aliphatic heterocycles. The molecule has 5 heterocycles. The summed E-state index contributed by atoms with van der Waals surface area (Å²) in [5.41, 5.74) is 6.01. The highest BCUT2D eigenvalue weighted by Crippen LogP contribution is 2.38. The Kier molecular flexibility index (Phi) is 11.4. The quantitative estimate of drug-likeness (QED) is 0.0763. The molecule has 1 saturated carbocycles. The first-order valence-electron chi connectivity index (χ1n) is 16.2. The number of nitrogens with zero attached hydrogens (tertiary/aromatic N) is 9. The molecule has 1 aliphatic carbocycles. The van der Waals surface area contributed by atoms with E-state index >= 15 is 0 Å². The van der Waals surface area contributed by atoms with E-state index in [0.29, 0.717) is 12.6 Å². The fourth-order valence-corrected chi connectivity index (χ4v) is 7.92. The van der Waals surface area contributed by atoms with Crippen molar-refractivity contribution in [3.63, 3.8) is 0 Å². The van der Waals surface area contributed by atoms with Gasteiger partial charge in [-0.1, -0.05) is 57.7 Å². The molecule has 10 nitrogen and oxygen atoms in total. The number of rotatable bonds is 11. The topological polar surface area (TPSA) is 99.7 Å². The predicted molar refractivity (Wildman–Crippen MR) is 194 cm³/mol. The van der Waals surface area contributed by atoms with Crippen molar-refractivity contribution >= 4 is 57.3 Å². The highest BCUT2D eigenvalue weighted by molar-refractivity contribution is 9.10. The van der Waals surface area contributed by atoms with Gasteiger partial charge in [0.2, 0.25) is 5.13 Å². The third-order valence-electron chi connectivity index (χ3n) is 8.12. The molecule has 0 atom stereocenters. The molecular weight excluding hydrogens is 678 g/mol. The van der Waals surface area contributed by atoms with Gasteiger partial charge in [0.05, 0.1) is 26.9 Å². The SMILES string of the molecule is CCc1nn(C)cc1-c1cnc2ccc(N(COCC[Si](C)(C)C)c3nnc(C4CCCC4)s3)nc2c1.CCc1nn(C)cc1Br. The van der Waals surface area contributed by atoms with Gasteiger partial charge in [-0.3, -0.25) is 19.2 Å². The van der Waals surface area contributed by atoms with E-state index in [1.165, 1.54) is 25.7 Å². The number of aromatic nitrogens is 8. The van der Waals surface area contributed by atoms with Crippen LogP contribution < -0.4 is 4.90 Å². The van der Waals surface area contributed by atoms with Crippen LogP contribution in [0.4, 0.5) is 10.9 Å². The Balaban J connectivity index is 0.000000400. The smallest absolute Gasteiger partial charge is 0.215 e. The van der Waals surface area contributed by atoms with Gasteiger partial charge >= 0.3 is 0 Å². The van der Waals surface area contributed by atoms with Gasteiger partial charge in [-0.2, -0.15) is 10.2 Å². The molecule has 0 unspecified atom stereocenters. The van der Waals surface area contributed by atoms with Gasteiger partial charge in [-0.25, -0.2) is 4.98 Å². The fraction of sp³-hybridized carbons (Fsp3) is 0.515. The van der Waals surface area contributed by atoms with E-state index in [2.05, 4.69) is 87.0 Å². The average Bonchev–Trinajstić information content (AvgIpc) is 3.84. The van der Waals surface area contributed by atoms with Crippen molar-refractivity contribution in [2.45, 2.75) is 84.0 Å². The first-order valence-corrected chi connectivity index (χ1v) is 21.5. The summed E-state index contributed by atoms with van der Waals surface area (Å²) in [5, 5.41) is 19.9. The standard InChI is InChI=1S/C27H37N7OSSi.C6H9BrN2/c1-6-22-21(17-33(2)32-22)20-15-24-23(28-16-20)11-12-25(29-24)34(18-35-13-14-37(3,4)5)27-31-30-26(36-27)19-9-7-8-10-19;1-3-6-5(7)4-9(2)8-6/h11-12,15-17,19H,6-10,13-14,18H2,1-5H3;4H,3H2,1-2H3. The summed E-state index contributed by atoms with van der Waals surface area (Å²) in [5.74, 6) is 1.33. The number of anilines is 2. The van der Waals surface area contributed by atoms with Crippen LogP contribution in [0.2, 0.25) is 25.7 Å². The van der Waals surface area contributed by atoms with E-state index in [1.807, 2.05) is 48.0 Å². The lowest BCUT2D eigenvalue weighted by Crippen LogP contribution is -2.26. The molecule has 0 aromatic carbocycles. The Bertz CT molecular complexity index is 1740. The molecule has 1 aliphatic rings. The largest absolute Gasteiger partial charge is 0.361 e. The van der Waals surface area contributed by atoms with Crippen LogP contribution in [-0.2, 0) is 31.7 Å². The molecule has 13 heteroatoms. The summed E-state index contributed by atoms with van der Waals surface area (Å²) in [6.45, 7) is 12.5. The second-order valence-corrected chi connectivity index (χ2v) is 20.5. The van der Waals surface area contributed by atoms with E-state index in [4.69, 9.17) is 14.7 Å². The van der Waals surface area contributed by atoms with Crippen LogP contribution in [0.3, 0.4) is 0 Å². The minimum absolute atomic E-state index is 0.401. The summed E-state index contributed by atoms with van der Waals surface area (Å²) < 4.78 is 11.0. The zero-order valence-electron chi connectivity index (χ0n) is 28.1. The number of halogens is 1. The van der Waals surface area contributed by atoms with Crippen LogP contribution in [0.1, 0.15) is 61.8 Å². The summed E-state index contributed by atoms with van der Waals surface area (Å²) in [6.07, 6.45) is 12.7. The normalized spacial score (nSPS) is 13.7. The third-order valence-corrected chi connectivity index (χ3v) is 11.6. The van der Waals surface area contributed by atoms with Gasteiger partial charge in [-0.15, -0.1) is 10.2 Å². The van der Waals surface area contributed by atoms with E-state index in [0.717, 1.165) is 79.5 Å². The molecule has 5 aromatic rings. The van der Waals surface area contributed by atoms with Crippen molar-refractivity contribution in [1.29, 1.82) is 0 Å². The molecule has 0 saturated heterocycles. The van der Waals surface area contributed by atoms with Gasteiger partial charge in [0.25, 0.3) is 0 Å². The third kappa shape index (κ3) is 8.67. The lowest BCUT2D eigenvalue weighted by Gasteiger charge is -2.22. The maximum atomic E-state index is 6.19. The van der Waals surface area contributed by atoms with Crippen molar-refractivity contribution < 1.29 is 4.74 Å². The van der Waals surface area contributed by atoms with Crippen LogP contribution in [0, 0.1) is 0 Å². The summed E-state index contributed by atoms with van der Waals surface area (Å²) >= 11 is 5.07. The minimum Gasteiger partial charge on any atom is -0.361 e. The minimum atomic E-state index is -1.18. The van der Waals surface area contributed by atoms with E-state index in [1.54, 1.807) is 11.3 Å². The second kappa shape index (κ2) is 15.3. The van der Waals surface area contributed by atoms with Crippen LogP contribution in [0.25, 0.3) is 22.2 Å². The van der Waals surface area contributed by atoms with E-state index < -0.39 is 8.07 Å². The molecule has 5 aromatic heterocycles. The number of pyridine rings is 2. The van der Waals surface area contributed by atoms with E-state index in [-0.39, 0.29) is 0 Å². The molecule has 46 heavy (non-hydrogen) atoms. The number of hydrogen-bond donors (Lipinski definition) is 0. The van der Waals surface area contributed by atoms with Crippen LogP contribution >= 0.6 is 27.3 Å². The Hall–Kier alpha value is -3.00. The maximum absolute atomic E-state index is 6.19. The lowest BCUT2D eigenvalue weighted by molar-refractivity contribution is 0.153. The highest BCUT2D eigenvalue weighted by Gasteiger charge is 2.24. The van der Waals surface area contributed by atoms with Crippen LogP contribution in [0.15, 0.2) is 41.3 Å². The monoisotopic (exact) mass is 723 g/mol.